The SMILES string of the molecule is CC(Nc1nccnc1N)C1CC1. The summed E-state index contributed by atoms with van der Waals surface area (Å²) in [5.74, 6) is 1.98. The summed E-state index contributed by atoms with van der Waals surface area (Å²) in [6.45, 7) is 2.16. The average molecular weight is 178 g/mol. The smallest absolute Gasteiger partial charge is 0.169 e. The van der Waals surface area contributed by atoms with Gasteiger partial charge >= 0.3 is 0 Å². The highest BCUT2D eigenvalue weighted by Gasteiger charge is 2.28. The lowest BCUT2D eigenvalue weighted by Gasteiger charge is -2.13. The Labute approximate surface area is 77.6 Å². The molecule has 1 saturated carbocycles. The van der Waals surface area contributed by atoms with E-state index in [9.17, 15) is 0 Å². The Bertz CT molecular complexity index is 295. The van der Waals surface area contributed by atoms with E-state index in [0.717, 1.165) is 5.92 Å². The van der Waals surface area contributed by atoms with Crippen molar-refractivity contribution in [2.75, 3.05) is 11.1 Å². The van der Waals surface area contributed by atoms with Crippen molar-refractivity contribution in [3.8, 4) is 0 Å². The first-order valence-corrected chi connectivity index (χ1v) is 4.60. The molecule has 1 heterocycles. The summed E-state index contributed by atoms with van der Waals surface area (Å²) < 4.78 is 0. The molecule has 1 fully saturated rings. The molecule has 3 N–H and O–H groups in total. The zero-order valence-electron chi connectivity index (χ0n) is 7.70. The fraction of sp³-hybridized carbons (Fsp3) is 0.556. The first-order valence-electron chi connectivity index (χ1n) is 4.60. The van der Waals surface area contributed by atoms with Crippen molar-refractivity contribution in [2.24, 2.45) is 5.92 Å². The van der Waals surface area contributed by atoms with Crippen LogP contribution in [0, 0.1) is 5.92 Å². The number of anilines is 2. The molecule has 0 aromatic carbocycles. The van der Waals surface area contributed by atoms with Gasteiger partial charge in [-0.15, -0.1) is 0 Å². The normalized spacial score (nSPS) is 18.2. The lowest BCUT2D eigenvalue weighted by Crippen LogP contribution is -2.19. The highest BCUT2D eigenvalue weighted by atomic mass is 15.1. The van der Waals surface area contributed by atoms with E-state index in [-0.39, 0.29) is 0 Å². The van der Waals surface area contributed by atoms with Gasteiger partial charge in [-0.05, 0) is 25.7 Å². The third-order valence-electron chi connectivity index (χ3n) is 2.42. The monoisotopic (exact) mass is 178 g/mol. The molecule has 0 saturated heterocycles. The molecule has 70 valence electrons. The third-order valence-corrected chi connectivity index (χ3v) is 2.42. The van der Waals surface area contributed by atoms with Crippen molar-refractivity contribution in [1.82, 2.24) is 9.97 Å². The van der Waals surface area contributed by atoms with Gasteiger partial charge in [-0.25, -0.2) is 9.97 Å². The van der Waals surface area contributed by atoms with E-state index in [1.54, 1.807) is 12.4 Å². The van der Waals surface area contributed by atoms with Crippen LogP contribution in [0.1, 0.15) is 19.8 Å². The van der Waals surface area contributed by atoms with E-state index in [2.05, 4.69) is 22.2 Å². The van der Waals surface area contributed by atoms with Crippen LogP contribution >= 0.6 is 0 Å². The molecule has 4 nitrogen and oxygen atoms in total. The minimum absolute atomic E-state index is 0.457. The highest BCUT2D eigenvalue weighted by Crippen LogP contribution is 2.34. The molecule has 1 unspecified atom stereocenters. The summed E-state index contributed by atoms with van der Waals surface area (Å²) in [6.07, 6.45) is 5.88. The van der Waals surface area contributed by atoms with Gasteiger partial charge in [0, 0.05) is 18.4 Å². The first kappa shape index (κ1) is 8.29. The quantitative estimate of drug-likeness (QED) is 0.731. The van der Waals surface area contributed by atoms with Crippen LogP contribution in [0.15, 0.2) is 12.4 Å². The number of nitrogen functional groups attached to an aromatic ring is 1. The maximum absolute atomic E-state index is 5.65. The highest BCUT2D eigenvalue weighted by molar-refractivity contribution is 5.55. The summed E-state index contributed by atoms with van der Waals surface area (Å²) in [7, 11) is 0. The first-order chi connectivity index (χ1) is 6.27. The molecule has 0 spiro atoms. The zero-order valence-corrected chi connectivity index (χ0v) is 7.70. The van der Waals surface area contributed by atoms with Gasteiger partial charge in [0.15, 0.2) is 11.6 Å². The maximum atomic E-state index is 5.65. The van der Waals surface area contributed by atoms with Gasteiger partial charge in [-0.2, -0.15) is 0 Å². The van der Waals surface area contributed by atoms with E-state index in [1.807, 2.05) is 0 Å². The van der Waals surface area contributed by atoms with Gasteiger partial charge in [0.05, 0.1) is 0 Å². The number of nitrogens with two attached hydrogens (primary N) is 1. The predicted molar refractivity (Wildman–Crippen MR) is 52.3 cm³/mol. The van der Waals surface area contributed by atoms with Gasteiger partial charge in [0.25, 0.3) is 0 Å². The molecule has 0 aliphatic heterocycles. The molecule has 0 bridgehead atoms. The molecule has 1 aromatic heterocycles. The van der Waals surface area contributed by atoms with Crippen LogP contribution in [-0.4, -0.2) is 16.0 Å². The van der Waals surface area contributed by atoms with Crippen LogP contribution in [-0.2, 0) is 0 Å². The second-order valence-corrected chi connectivity index (χ2v) is 3.56. The van der Waals surface area contributed by atoms with E-state index in [0.29, 0.717) is 17.7 Å². The molecule has 1 aromatic rings. The van der Waals surface area contributed by atoms with Crippen LogP contribution in [0.2, 0.25) is 0 Å². The van der Waals surface area contributed by atoms with Crippen molar-refractivity contribution in [3.05, 3.63) is 12.4 Å². The third kappa shape index (κ3) is 1.88. The van der Waals surface area contributed by atoms with Crippen LogP contribution in [0.25, 0.3) is 0 Å². The molecule has 13 heavy (non-hydrogen) atoms. The van der Waals surface area contributed by atoms with Crippen molar-refractivity contribution >= 4 is 11.6 Å². The Kier molecular flexibility index (Phi) is 2.04. The molecule has 1 aliphatic carbocycles. The average Bonchev–Trinajstić information content (AvgIpc) is 2.91. The van der Waals surface area contributed by atoms with E-state index in [1.165, 1.54) is 12.8 Å². The summed E-state index contributed by atoms with van der Waals surface area (Å²) in [5.41, 5.74) is 5.65. The van der Waals surface area contributed by atoms with Gasteiger partial charge in [0.1, 0.15) is 0 Å². The summed E-state index contributed by atoms with van der Waals surface area (Å²) in [4.78, 5) is 8.09. The molecule has 2 rings (SSSR count). The minimum atomic E-state index is 0.457. The second-order valence-electron chi connectivity index (χ2n) is 3.56. The Morgan fingerprint density at radius 2 is 2.15 bits per heavy atom. The topological polar surface area (TPSA) is 63.8 Å². The van der Waals surface area contributed by atoms with Crippen molar-refractivity contribution in [1.29, 1.82) is 0 Å². The fourth-order valence-electron chi connectivity index (χ4n) is 1.39. The molecular weight excluding hydrogens is 164 g/mol. The summed E-state index contributed by atoms with van der Waals surface area (Å²) >= 11 is 0. The van der Waals surface area contributed by atoms with Gasteiger partial charge < -0.3 is 11.1 Å². The largest absolute Gasteiger partial charge is 0.381 e. The zero-order chi connectivity index (χ0) is 9.26. The van der Waals surface area contributed by atoms with Crippen molar-refractivity contribution in [3.63, 3.8) is 0 Å². The minimum Gasteiger partial charge on any atom is -0.381 e. The van der Waals surface area contributed by atoms with Crippen molar-refractivity contribution < 1.29 is 0 Å². The van der Waals surface area contributed by atoms with E-state index in [4.69, 9.17) is 5.73 Å². The number of nitrogens with one attached hydrogen (secondary N) is 1. The van der Waals surface area contributed by atoms with Crippen LogP contribution in [0.5, 0.6) is 0 Å². The lowest BCUT2D eigenvalue weighted by molar-refractivity contribution is 0.690. The summed E-state index contributed by atoms with van der Waals surface area (Å²) in [5, 5.41) is 3.27. The number of nitrogens with zero attached hydrogens (tertiary/aromatic N) is 2. The van der Waals surface area contributed by atoms with Crippen LogP contribution in [0.3, 0.4) is 0 Å². The van der Waals surface area contributed by atoms with Gasteiger partial charge in [0.2, 0.25) is 0 Å². The Morgan fingerprint density at radius 3 is 2.77 bits per heavy atom. The molecule has 0 amide bonds. The molecule has 4 heteroatoms. The number of rotatable bonds is 3. The maximum Gasteiger partial charge on any atom is 0.169 e. The van der Waals surface area contributed by atoms with E-state index >= 15 is 0 Å². The molecule has 1 aliphatic rings. The standard InChI is InChI=1S/C9H14N4/c1-6(7-2-3-7)13-9-8(10)11-4-5-12-9/h4-7H,2-3H2,1H3,(H2,10,11)(H,12,13). The summed E-state index contributed by atoms with van der Waals surface area (Å²) in [6, 6.07) is 0.457. The van der Waals surface area contributed by atoms with Gasteiger partial charge in [-0.1, -0.05) is 0 Å². The number of aromatic nitrogens is 2. The molecule has 1 atom stereocenters. The Balaban J connectivity index is 2.03. The second kappa shape index (κ2) is 3.20. The number of hydrogen-bond acceptors (Lipinski definition) is 4. The van der Waals surface area contributed by atoms with Crippen molar-refractivity contribution in [2.45, 2.75) is 25.8 Å². The van der Waals surface area contributed by atoms with Gasteiger partial charge in [-0.3, -0.25) is 0 Å². The Hall–Kier alpha value is -1.32. The lowest BCUT2D eigenvalue weighted by atomic mass is 10.2. The van der Waals surface area contributed by atoms with E-state index < -0.39 is 0 Å². The van der Waals surface area contributed by atoms with Crippen LogP contribution < -0.4 is 11.1 Å². The van der Waals surface area contributed by atoms with Crippen LogP contribution in [0.4, 0.5) is 11.6 Å². The predicted octanol–water partition coefficient (Wildman–Crippen LogP) is 1.27. The Morgan fingerprint density at radius 1 is 1.46 bits per heavy atom. The fourth-order valence-corrected chi connectivity index (χ4v) is 1.39. The molecule has 0 radical (unpaired) electrons. The molecular formula is C9H14N4. The number of hydrogen-bond donors (Lipinski definition) is 2.